The molecule has 0 bridgehead atoms. The fourth-order valence-electron chi connectivity index (χ4n) is 4.98. The van der Waals surface area contributed by atoms with Crippen molar-refractivity contribution in [2.24, 2.45) is 5.92 Å². The fourth-order valence-corrected chi connectivity index (χ4v) is 4.98. The Morgan fingerprint density at radius 3 is 2.58 bits per heavy atom. The van der Waals surface area contributed by atoms with Crippen LogP contribution in [0.15, 0.2) is 54.6 Å². The smallest absolute Gasteiger partial charge is 0.260 e. The molecule has 1 fully saturated rings. The van der Waals surface area contributed by atoms with Crippen LogP contribution in [0.25, 0.3) is 11.1 Å². The van der Waals surface area contributed by atoms with Gasteiger partial charge in [-0.05, 0) is 79.6 Å². The van der Waals surface area contributed by atoms with Crippen LogP contribution in [0.4, 0.5) is 4.39 Å². The summed E-state index contributed by atoms with van der Waals surface area (Å²) in [4.78, 5) is 14.7. The molecule has 0 saturated carbocycles. The Bertz CT molecular complexity index is 1360. The molecule has 1 N–H and O–H groups in total. The number of aromatic hydroxyl groups is 1. The Balaban J connectivity index is 1.14. The molecule has 1 saturated heterocycles. The number of benzene rings is 3. The Hall–Kier alpha value is -4.25. The molecular weight excluding hydrogens is 487 g/mol. The largest absolute Gasteiger partial charge is 0.507 e. The summed E-state index contributed by atoms with van der Waals surface area (Å²) in [7, 11) is 0. The van der Waals surface area contributed by atoms with E-state index in [1.165, 1.54) is 17.7 Å². The fraction of sp³-hybridized carbons (Fsp3) is 0.333. The molecule has 0 unspecified atom stereocenters. The summed E-state index contributed by atoms with van der Waals surface area (Å²) < 4.78 is 30.6. The van der Waals surface area contributed by atoms with Crippen LogP contribution in [0.2, 0.25) is 0 Å². The minimum absolute atomic E-state index is 0.117. The van der Waals surface area contributed by atoms with Crippen LogP contribution in [0.5, 0.6) is 23.0 Å². The minimum atomic E-state index is -0.574. The standard InChI is InChI=1S/C30H29FN2O5/c31-23-5-6-24(26(34)17-23)25-15-22(18-32)4-7-27(25)38-19-30(35)33-11-9-20(10-12-33)1-2-21-3-8-28-29(16-21)37-14-13-36-28/h3-8,15-17,20,34H,1-2,9-14,19H2. The third-order valence-corrected chi connectivity index (χ3v) is 7.12. The van der Waals surface area contributed by atoms with Crippen molar-refractivity contribution in [3.05, 3.63) is 71.5 Å². The van der Waals surface area contributed by atoms with Crippen molar-refractivity contribution >= 4 is 5.91 Å². The van der Waals surface area contributed by atoms with Crippen LogP contribution >= 0.6 is 0 Å². The number of phenols is 1. The van der Waals surface area contributed by atoms with Crippen molar-refractivity contribution in [2.75, 3.05) is 32.9 Å². The van der Waals surface area contributed by atoms with E-state index in [1.807, 2.05) is 11.0 Å². The molecule has 38 heavy (non-hydrogen) atoms. The molecule has 7 nitrogen and oxygen atoms in total. The number of nitriles is 1. The number of nitrogens with zero attached hydrogens (tertiary/aromatic N) is 2. The highest BCUT2D eigenvalue weighted by Gasteiger charge is 2.24. The summed E-state index contributed by atoms with van der Waals surface area (Å²) in [6.45, 7) is 2.34. The Labute approximate surface area is 221 Å². The second-order valence-electron chi connectivity index (χ2n) is 9.61. The molecule has 2 aliphatic heterocycles. The average Bonchev–Trinajstić information content (AvgIpc) is 2.95. The molecule has 0 aromatic heterocycles. The van der Waals surface area contributed by atoms with Crippen LogP contribution in [-0.2, 0) is 11.2 Å². The lowest BCUT2D eigenvalue weighted by molar-refractivity contribution is -0.134. The van der Waals surface area contributed by atoms with E-state index in [2.05, 4.69) is 18.2 Å². The van der Waals surface area contributed by atoms with Crippen molar-refractivity contribution in [2.45, 2.75) is 25.7 Å². The van der Waals surface area contributed by atoms with Crippen LogP contribution in [0.3, 0.4) is 0 Å². The first-order valence-corrected chi connectivity index (χ1v) is 12.8. The molecule has 196 valence electrons. The number of halogens is 1. The summed E-state index contributed by atoms with van der Waals surface area (Å²) in [6, 6.07) is 16.6. The van der Waals surface area contributed by atoms with Crippen LogP contribution < -0.4 is 14.2 Å². The van der Waals surface area contributed by atoms with E-state index in [1.54, 1.807) is 18.2 Å². The van der Waals surface area contributed by atoms with Gasteiger partial charge in [0.05, 0.1) is 11.6 Å². The third-order valence-electron chi connectivity index (χ3n) is 7.12. The number of likely N-dealkylation sites (tertiary alicyclic amines) is 1. The molecule has 3 aromatic rings. The molecule has 0 radical (unpaired) electrons. The Morgan fingerprint density at radius 2 is 1.82 bits per heavy atom. The highest BCUT2D eigenvalue weighted by atomic mass is 19.1. The van der Waals surface area contributed by atoms with Crippen molar-refractivity contribution < 1.29 is 28.5 Å². The maximum Gasteiger partial charge on any atom is 0.260 e. The van der Waals surface area contributed by atoms with Gasteiger partial charge in [0, 0.05) is 30.3 Å². The molecule has 0 atom stereocenters. The van der Waals surface area contributed by atoms with Gasteiger partial charge in [-0.1, -0.05) is 6.07 Å². The first-order valence-electron chi connectivity index (χ1n) is 12.8. The number of phenolic OH excluding ortho intramolecular Hbond substituents is 1. The predicted molar refractivity (Wildman–Crippen MR) is 139 cm³/mol. The van der Waals surface area contributed by atoms with Crippen molar-refractivity contribution in [3.8, 4) is 40.2 Å². The summed E-state index contributed by atoms with van der Waals surface area (Å²) in [6.07, 6.45) is 3.87. The van der Waals surface area contributed by atoms with Crippen molar-refractivity contribution in [3.63, 3.8) is 0 Å². The van der Waals surface area contributed by atoms with Gasteiger partial charge >= 0.3 is 0 Å². The van der Waals surface area contributed by atoms with E-state index in [0.29, 0.717) is 54.7 Å². The van der Waals surface area contributed by atoms with Crippen LogP contribution in [0, 0.1) is 23.1 Å². The highest BCUT2D eigenvalue weighted by Crippen LogP contribution is 2.37. The molecule has 0 aliphatic carbocycles. The lowest BCUT2D eigenvalue weighted by atomic mass is 9.90. The number of carbonyl (C=O) groups excluding carboxylic acids is 1. The van der Waals surface area contributed by atoms with Gasteiger partial charge in [0.1, 0.15) is 30.5 Å². The highest BCUT2D eigenvalue weighted by molar-refractivity contribution is 5.80. The van der Waals surface area contributed by atoms with E-state index in [0.717, 1.165) is 43.2 Å². The predicted octanol–water partition coefficient (Wildman–Crippen LogP) is 5.09. The summed E-state index contributed by atoms with van der Waals surface area (Å²) in [5.41, 5.74) is 2.34. The Kier molecular flexibility index (Phi) is 7.64. The number of ether oxygens (including phenoxy) is 3. The molecule has 2 aliphatic rings. The first kappa shape index (κ1) is 25.4. The molecule has 0 spiro atoms. The summed E-state index contributed by atoms with van der Waals surface area (Å²) in [5, 5.41) is 19.5. The molecule has 8 heteroatoms. The number of aryl methyl sites for hydroxylation is 1. The van der Waals surface area contributed by atoms with E-state index < -0.39 is 5.82 Å². The second-order valence-corrected chi connectivity index (χ2v) is 9.61. The van der Waals surface area contributed by atoms with Gasteiger partial charge in [0.25, 0.3) is 5.91 Å². The van der Waals surface area contributed by atoms with Gasteiger partial charge in [-0.15, -0.1) is 0 Å². The molecule has 1 amide bonds. The number of carbonyl (C=O) groups is 1. The number of piperidine rings is 1. The third kappa shape index (κ3) is 5.83. The number of hydrogen-bond acceptors (Lipinski definition) is 6. The monoisotopic (exact) mass is 516 g/mol. The van der Waals surface area contributed by atoms with E-state index in [9.17, 15) is 19.6 Å². The second kappa shape index (κ2) is 11.4. The maximum absolute atomic E-state index is 13.5. The lowest BCUT2D eigenvalue weighted by Gasteiger charge is -2.32. The van der Waals surface area contributed by atoms with Gasteiger partial charge in [0.15, 0.2) is 18.1 Å². The average molecular weight is 517 g/mol. The van der Waals surface area contributed by atoms with Crippen molar-refractivity contribution in [1.29, 1.82) is 5.26 Å². The summed E-state index contributed by atoms with van der Waals surface area (Å²) in [5.74, 6) is 1.54. The minimum Gasteiger partial charge on any atom is -0.507 e. The van der Waals surface area contributed by atoms with E-state index in [-0.39, 0.29) is 18.3 Å². The lowest BCUT2D eigenvalue weighted by Crippen LogP contribution is -2.41. The quantitative estimate of drug-likeness (QED) is 0.470. The zero-order valence-corrected chi connectivity index (χ0v) is 21.0. The van der Waals surface area contributed by atoms with Gasteiger partial charge in [0.2, 0.25) is 0 Å². The molecule has 5 rings (SSSR count). The van der Waals surface area contributed by atoms with Crippen LogP contribution in [0.1, 0.15) is 30.4 Å². The van der Waals surface area contributed by atoms with Gasteiger partial charge < -0.3 is 24.2 Å². The number of amides is 1. The SMILES string of the molecule is N#Cc1ccc(OCC(=O)N2CCC(CCc3ccc4c(c3)OCCO4)CC2)c(-c2ccc(F)cc2O)c1. The van der Waals surface area contributed by atoms with Crippen molar-refractivity contribution in [1.82, 2.24) is 4.90 Å². The number of fused-ring (bicyclic) bond motifs is 1. The van der Waals surface area contributed by atoms with E-state index >= 15 is 0 Å². The molecular formula is C30H29FN2O5. The zero-order chi connectivity index (χ0) is 26.5. The zero-order valence-electron chi connectivity index (χ0n) is 21.0. The number of hydrogen-bond donors (Lipinski definition) is 1. The van der Waals surface area contributed by atoms with Crippen LogP contribution in [-0.4, -0.2) is 48.8 Å². The van der Waals surface area contributed by atoms with Gasteiger partial charge in [-0.2, -0.15) is 5.26 Å². The molecule has 2 heterocycles. The Morgan fingerprint density at radius 1 is 1.03 bits per heavy atom. The van der Waals surface area contributed by atoms with Gasteiger partial charge in [-0.25, -0.2) is 4.39 Å². The summed E-state index contributed by atoms with van der Waals surface area (Å²) >= 11 is 0. The normalized spacial score (nSPS) is 15.1. The van der Waals surface area contributed by atoms with E-state index in [4.69, 9.17) is 14.2 Å². The number of rotatable bonds is 7. The first-order chi connectivity index (χ1) is 18.5. The maximum atomic E-state index is 13.5. The topological polar surface area (TPSA) is 92.0 Å². The van der Waals surface area contributed by atoms with Gasteiger partial charge in [-0.3, -0.25) is 4.79 Å². The molecule has 3 aromatic carbocycles.